The predicted octanol–water partition coefficient (Wildman–Crippen LogP) is 0.871. The van der Waals surface area contributed by atoms with E-state index in [9.17, 15) is 9.90 Å². The zero-order valence-corrected chi connectivity index (χ0v) is 13.9. The lowest BCUT2D eigenvalue weighted by molar-refractivity contribution is 0.118. The minimum atomic E-state index is -0.789. The molecule has 0 spiro atoms. The molecule has 2 bridgehead atoms. The lowest BCUT2D eigenvalue weighted by Gasteiger charge is -2.36. The number of piperazine rings is 2. The average Bonchev–Trinajstić information content (AvgIpc) is 3.26. The molecule has 1 aromatic rings. The van der Waals surface area contributed by atoms with Gasteiger partial charge in [0.15, 0.2) is 0 Å². The number of nitrogens with zero attached hydrogens (tertiary/aromatic N) is 4. The molecule has 5 heterocycles. The second-order valence-corrected chi connectivity index (χ2v) is 7.53. The second kappa shape index (κ2) is 5.07. The Kier molecular flexibility index (Phi) is 3.06. The van der Waals surface area contributed by atoms with Crippen LogP contribution in [0.25, 0.3) is 0 Å². The molecule has 128 valence electrons. The SMILES string of the molecule is C[C@@H]1CNC[C@@H]2c3ccc(N4C[C@@H]5C[C@H]4CN5C(=O)O)nc3CN12. The van der Waals surface area contributed by atoms with Crippen LogP contribution in [0.15, 0.2) is 12.1 Å². The van der Waals surface area contributed by atoms with E-state index in [1.807, 2.05) is 0 Å². The van der Waals surface area contributed by atoms with Crippen molar-refractivity contribution >= 4 is 11.9 Å². The van der Waals surface area contributed by atoms with Crippen LogP contribution in [0.5, 0.6) is 0 Å². The first kappa shape index (κ1) is 14.5. The lowest BCUT2D eigenvalue weighted by atomic mass is 10.1. The summed E-state index contributed by atoms with van der Waals surface area (Å²) in [6.07, 6.45) is 0.142. The molecule has 7 nitrogen and oxygen atoms in total. The maximum Gasteiger partial charge on any atom is 0.407 e. The van der Waals surface area contributed by atoms with Gasteiger partial charge in [0, 0.05) is 44.8 Å². The van der Waals surface area contributed by atoms with Crippen molar-refractivity contribution in [2.45, 2.75) is 44.1 Å². The Morgan fingerprint density at radius 1 is 1.29 bits per heavy atom. The van der Waals surface area contributed by atoms with Gasteiger partial charge in [-0.3, -0.25) is 4.90 Å². The van der Waals surface area contributed by atoms with Gasteiger partial charge < -0.3 is 20.2 Å². The van der Waals surface area contributed by atoms with Crippen LogP contribution >= 0.6 is 0 Å². The number of rotatable bonds is 1. The number of carbonyl (C=O) groups is 1. The van der Waals surface area contributed by atoms with E-state index in [2.05, 4.69) is 34.2 Å². The first-order valence-corrected chi connectivity index (χ1v) is 8.84. The summed E-state index contributed by atoms with van der Waals surface area (Å²) in [4.78, 5) is 22.7. The van der Waals surface area contributed by atoms with Gasteiger partial charge in [0.1, 0.15) is 5.82 Å². The van der Waals surface area contributed by atoms with Crippen molar-refractivity contribution in [1.29, 1.82) is 0 Å². The Morgan fingerprint density at radius 2 is 2.17 bits per heavy atom. The summed E-state index contributed by atoms with van der Waals surface area (Å²) in [6.45, 7) is 6.62. The van der Waals surface area contributed by atoms with Gasteiger partial charge in [0.2, 0.25) is 0 Å². The zero-order chi connectivity index (χ0) is 16.4. The summed E-state index contributed by atoms with van der Waals surface area (Å²) in [6, 6.07) is 5.76. The maximum atomic E-state index is 11.2. The molecule has 0 radical (unpaired) electrons. The fourth-order valence-corrected chi connectivity index (χ4v) is 4.97. The smallest absolute Gasteiger partial charge is 0.407 e. The van der Waals surface area contributed by atoms with E-state index in [1.54, 1.807) is 4.90 Å². The lowest BCUT2D eigenvalue weighted by Crippen LogP contribution is -2.48. The number of hydrogen-bond donors (Lipinski definition) is 2. The van der Waals surface area contributed by atoms with Gasteiger partial charge in [-0.25, -0.2) is 9.78 Å². The first-order chi connectivity index (χ1) is 11.6. The summed E-state index contributed by atoms with van der Waals surface area (Å²) in [5.74, 6) is 1.02. The van der Waals surface area contributed by atoms with Gasteiger partial charge in [-0.2, -0.15) is 0 Å². The standard InChI is InChI=1S/C17H23N5O2/c1-10-5-18-6-15-13-2-3-16(19-14(13)9-20(10)15)21-7-12-4-11(21)8-22(12)17(23)24/h2-3,10-12,15,18H,4-9H2,1H3,(H,23,24)/t10-,11+,12+,15-/m1/s1. The van der Waals surface area contributed by atoms with E-state index >= 15 is 0 Å². The Hall–Kier alpha value is -1.86. The van der Waals surface area contributed by atoms with Crippen molar-refractivity contribution in [3.63, 3.8) is 0 Å². The van der Waals surface area contributed by atoms with E-state index in [1.165, 1.54) is 11.3 Å². The number of aromatic nitrogens is 1. The fourth-order valence-electron chi connectivity index (χ4n) is 4.97. The topological polar surface area (TPSA) is 71.9 Å². The average molecular weight is 329 g/mol. The molecule has 4 aliphatic heterocycles. The number of likely N-dealkylation sites (tertiary alicyclic amines) is 1. The summed E-state index contributed by atoms with van der Waals surface area (Å²) >= 11 is 0. The number of carboxylic acid groups (broad SMARTS) is 1. The van der Waals surface area contributed by atoms with Crippen LogP contribution in [0.1, 0.15) is 30.6 Å². The minimum absolute atomic E-state index is 0.123. The van der Waals surface area contributed by atoms with Gasteiger partial charge in [-0.1, -0.05) is 6.07 Å². The molecule has 0 unspecified atom stereocenters. The third-order valence-electron chi connectivity index (χ3n) is 6.21. The molecule has 0 saturated carbocycles. The molecule has 3 saturated heterocycles. The molecule has 1 amide bonds. The molecule has 24 heavy (non-hydrogen) atoms. The van der Waals surface area contributed by atoms with Gasteiger partial charge >= 0.3 is 6.09 Å². The van der Waals surface area contributed by atoms with Crippen LogP contribution in [0.3, 0.4) is 0 Å². The molecule has 5 rings (SSSR count). The molecule has 4 aliphatic rings. The van der Waals surface area contributed by atoms with Gasteiger partial charge in [0.05, 0.1) is 17.8 Å². The normalized spacial score (nSPS) is 34.5. The largest absolute Gasteiger partial charge is 0.465 e. The van der Waals surface area contributed by atoms with Crippen LogP contribution < -0.4 is 10.2 Å². The highest BCUT2D eigenvalue weighted by Crippen LogP contribution is 2.39. The van der Waals surface area contributed by atoms with Crippen molar-refractivity contribution in [3.8, 4) is 0 Å². The summed E-state index contributed by atoms with van der Waals surface area (Å²) < 4.78 is 0. The van der Waals surface area contributed by atoms with E-state index in [0.717, 1.165) is 38.4 Å². The monoisotopic (exact) mass is 329 g/mol. The second-order valence-electron chi connectivity index (χ2n) is 7.53. The van der Waals surface area contributed by atoms with Gasteiger partial charge in [-0.05, 0) is 25.0 Å². The third-order valence-corrected chi connectivity index (χ3v) is 6.21. The predicted molar refractivity (Wildman–Crippen MR) is 89.1 cm³/mol. The van der Waals surface area contributed by atoms with Crippen molar-refractivity contribution in [2.75, 3.05) is 31.1 Å². The molecule has 7 heteroatoms. The van der Waals surface area contributed by atoms with Crippen molar-refractivity contribution in [1.82, 2.24) is 20.1 Å². The van der Waals surface area contributed by atoms with E-state index < -0.39 is 6.09 Å². The molecular weight excluding hydrogens is 306 g/mol. The Morgan fingerprint density at radius 3 is 2.92 bits per heavy atom. The van der Waals surface area contributed by atoms with Crippen molar-refractivity contribution in [3.05, 3.63) is 23.4 Å². The van der Waals surface area contributed by atoms with Crippen LogP contribution in [0.2, 0.25) is 0 Å². The number of hydrogen-bond acceptors (Lipinski definition) is 5. The fraction of sp³-hybridized carbons (Fsp3) is 0.647. The van der Waals surface area contributed by atoms with Crippen molar-refractivity contribution < 1.29 is 9.90 Å². The third kappa shape index (κ3) is 1.97. The van der Waals surface area contributed by atoms with Crippen LogP contribution in [-0.2, 0) is 6.54 Å². The number of nitrogens with one attached hydrogen (secondary N) is 1. The number of anilines is 1. The molecular formula is C17H23N5O2. The van der Waals surface area contributed by atoms with Gasteiger partial charge in [0.25, 0.3) is 0 Å². The van der Waals surface area contributed by atoms with Crippen molar-refractivity contribution in [2.24, 2.45) is 0 Å². The summed E-state index contributed by atoms with van der Waals surface area (Å²) in [5, 5.41) is 12.8. The quantitative estimate of drug-likeness (QED) is 0.797. The maximum absolute atomic E-state index is 11.2. The number of fused-ring (bicyclic) bond motifs is 5. The molecule has 0 aromatic carbocycles. The Balaban J connectivity index is 1.39. The highest BCUT2D eigenvalue weighted by Gasteiger charge is 2.46. The van der Waals surface area contributed by atoms with Gasteiger partial charge in [-0.15, -0.1) is 0 Å². The summed E-state index contributed by atoms with van der Waals surface area (Å²) in [5.41, 5.74) is 2.56. The van der Waals surface area contributed by atoms with E-state index in [-0.39, 0.29) is 12.1 Å². The van der Waals surface area contributed by atoms with E-state index in [4.69, 9.17) is 4.98 Å². The number of amides is 1. The zero-order valence-electron chi connectivity index (χ0n) is 13.9. The summed E-state index contributed by atoms with van der Waals surface area (Å²) in [7, 11) is 0. The van der Waals surface area contributed by atoms with Crippen LogP contribution in [-0.4, -0.2) is 70.3 Å². The number of pyridine rings is 1. The molecule has 2 N–H and O–H groups in total. The molecule has 1 aromatic heterocycles. The molecule has 4 atom stereocenters. The highest BCUT2D eigenvalue weighted by atomic mass is 16.4. The molecule has 0 aliphatic carbocycles. The van der Waals surface area contributed by atoms with Crippen LogP contribution in [0, 0.1) is 0 Å². The highest BCUT2D eigenvalue weighted by molar-refractivity contribution is 5.67. The van der Waals surface area contributed by atoms with E-state index in [0.29, 0.717) is 18.6 Å². The molecule has 3 fully saturated rings. The Bertz CT molecular complexity index is 696. The minimum Gasteiger partial charge on any atom is -0.465 e. The van der Waals surface area contributed by atoms with Crippen LogP contribution in [0.4, 0.5) is 10.6 Å². The first-order valence-electron chi connectivity index (χ1n) is 8.84. The Labute approximate surface area is 141 Å².